The maximum absolute atomic E-state index is 14.6. The van der Waals surface area contributed by atoms with Crippen LogP contribution in [0.2, 0.25) is 5.02 Å². The van der Waals surface area contributed by atoms with Crippen LogP contribution in [0.3, 0.4) is 0 Å². The first-order chi connectivity index (χ1) is 17.6. The Morgan fingerprint density at radius 3 is 2.65 bits per heavy atom. The zero-order valence-electron chi connectivity index (χ0n) is 20.5. The van der Waals surface area contributed by atoms with Crippen LogP contribution in [0, 0.1) is 17.0 Å². The Kier molecular flexibility index (Phi) is 6.93. The van der Waals surface area contributed by atoms with Crippen molar-refractivity contribution < 1.29 is 18.7 Å². The second-order valence-corrected chi connectivity index (χ2v) is 10.8. The highest BCUT2D eigenvalue weighted by Gasteiger charge is 2.38. The lowest BCUT2D eigenvalue weighted by atomic mass is 9.73. The molecular weight excluding hydrogens is 504 g/mol. The molecule has 2 aliphatic rings. The number of hydrogen-bond donors (Lipinski definition) is 4. The highest BCUT2D eigenvalue weighted by atomic mass is 35.5. The molecule has 0 unspecified atom stereocenters. The third-order valence-corrected chi connectivity index (χ3v) is 7.97. The smallest absolute Gasteiger partial charge is 0.224 e. The molecule has 0 saturated heterocycles. The van der Waals surface area contributed by atoms with Crippen molar-refractivity contribution in [2.45, 2.75) is 76.5 Å². The van der Waals surface area contributed by atoms with E-state index < -0.39 is 17.0 Å². The van der Waals surface area contributed by atoms with Gasteiger partial charge in [-0.15, -0.1) is 0 Å². The fourth-order valence-corrected chi connectivity index (χ4v) is 5.63. The van der Waals surface area contributed by atoms with E-state index in [1.54, 1.807) is 6.20 Å². The normalized spacial score (nSPS) is 26.2. The van der Waals surface area contributed by atoms with Crippen molar-refractivity contribution in [3.8, 4) is 0 Å². The topological polar surface area (TPSA) is 131 Å². The number of aliphatic hydroxyl groups excluding tert-OH is 1. The van der Waals surface area contributed by atoms with Gasteiger partial charge in [0.1, 0.15) is 11.3 Å². The number of halogens is 3. The molecule has 0 aliphatic heterocycles. The van der Waals surface area contributed by atoms with Gasteiger partial charge in [0.25, 0.3) is 0 Å². The first-order valence-electron chi connectivity index (χ1n) is 12.5. The summed E-state index contributed by atoms with van der Waals surface area (Å²) in [4.78, 5) is 25.8. The SMILES string of the molecule is CC1(C(N)=O)CCC(n2c(Nc3c(F)cc(F)cc3Cl)nc3cnc(N[C@H]4CCC[C@@H](O)C4)nc32)CC1. The Bertz CT molecular complexity index is 1300. The third kappa shape index (κ3) is 5.19. The van der Waals surface area contributed by atoms with Crippen molar-refractivity contribution in [1.29, 1.82) is 0 Å². The molecule has 5 N–H and O–H groups in total. The number of primary amides is 1. The van der Waals surface area contributed by atoms with Crippen LogP contribution in [0.25, 0.3) is 11.2 Å². The van der Waals surface area contributed by atoms with Crippen LogP contribution in [0.4, 0.5) is 26.4 Å². The summed E-state index contributed by atoms with van der Waals surface area (Å²) in [5.74, 6) is -1.27. The van der Waals surface area contributed by atoms with Gasteiger partial charge in [0.05, 0.1) is 23.0 Å². The number of amides is 1. The summed E-state index contributed by atoms with van der Waals surface area (Å²) < 4.78 is 30.1. The van der Waals surface area contributed by atoms with Crippen molar-refractivity contribution in [3.05, 3.63) is 35.0 Å². The van der Waals surface area contributed by atoms with Crippen molar-refractivity contribution >= 4 is 46.3 Å². The predicted molar refractivity (Wildman–Crippen MR) is 137 cm³/mol. The van der Waals surface area contributed by atoms with E-state index in [-0.39, 0.29) is 40.8 Å². The van der Waals surface area contributed by atoms with E-state index in [9.17, 15) is 18.7 Å². The minimum atomic E-state index is -0.849. The summed E-state index contributed by atoms with van der Waals surface area (Å²) in [5, 5.41) is 16.2. The van der Waals surface area contributed by atoms with E-state index in [1.165, 1.54) is 0 Å². The Balaban J connectivity index is 1.52. The zero-order chi connectivity index (χ0) is 26.3. The fraction of sp³-hybridized carbons (Fsp3) is 0.520. The molecule has 1 amide bonds. The number of imidazole rings is 1. The first kappa shape index (κ1) is 25.6. The molecule has 2 saturated carbocycles. The molecule has 0 spiro atoms. The fourth-order valence-electron chi connectivity index (χ4n) is 5.39. The van der Waals surface area contributed by atoms with Gasteiger partial charge in [-0.1, -0.05) is 18.5 Å². The van der Waals surface area contributed by atoms with Crippen LogP contribution in [0.5, 0.6) is 0 Å². The van der Waals surface area contributed by atoms with Gasteiger partial charge in [-0.05, 0) is 57.4 Å². The average molecular weight is 534 g/mol. The molecule has 3 aromatic rings. The maximum atomic E-state index is 14.6. The van der Waals surface area contributed by atoms with Crippen LogP contribution >= 0.6 is 11.6 Å². The summed E-state index contributed by atoms with van der Waals surface area (Å²) in [5.41, 5.74) is 5.97. The minimum Gasteiger partial charge on any atom is -0.393 e. The van der Waals surface area contributed by atoms with Gasteiger partial charge in [-0.3, -0.25) is 9.36 Å². The second-order valence-electron chi connectivity index (χ2n) is 10.4. The molecule has 0 bridgehead atoms. The molecule has 2 fully saturated rings. The Hall–Kier alpha value is -3.05. The molecule has 9 nitrogen and oxygen atoms in total. The van der Waals surface area contributed by atoms with E-state index in [1.807, 2.05) is 11.5 Å². The van der Waals surface area contributed by atoms with Gasteiger partial charge in [-0.2, -0.15) is 4.98 Å². The van der Waals surface area contributed by atoms with Crippen LogP contribution in [0.15, 0.2) is 18.3 Å². The Labute approximate surface area is 217 Å². The largest absolute Gasteiger partial charge is 0.393 e. The van der Waals surface area contributed by atoms with Gasteiger partial charge in [0, 0.05) is 23.6 Å². The molecule has 1 aromatic carbocycles. The molecule has 2 atom stereocenters. The number of fused-ring (bicyclic) bond motifs is 1. The number of nitrogens with one attached hydrogen (secondary N) is 2. The number of carbonyl (C=O) groups excluding carboxylic acids is 1. The maximum Gasteiger partial charge on any atom is 0.224 e. The van der Waals surface area contributed by atoms with E-state index in [0.717, 1.165) is 31.4 Å². The number of nitrogens with zero attached hydrogens (tertiary/aromatic N) is 4. The molecule has 5 rings (SSSR count). The Morgan fingerprint density at radius 2 is 1.97 bits per heavy atom. The average Bonchev–Trinajstić information content (AvgIpc) is 3.19. The lowest BCUT2D eigenvalue weighted by Gasteiger charge is -2.35. The number of rotatable bonds is 6. The van der Waals surface area contributed by atoms with Gasteiger partial charge in [0.15, 0.2) is 11.5 Å². The molecule has 2 aromatic heterocycles. The number of aliphatic hydroxyl groups is 1. The van der Waals surface area contributed by atoms with Gasteiger partial charge in [-0.25, -0.2) is 18.7 Å². The van der Waals surface area contributed by atoms with E-state index in [2.05, 4.69) is 20.6 Å². The quantitative estimate of drug-likeness (QED) is 0.357. The van der Waals surface area contributed by atoms with Crippen molar-refractivity contribution in [2.24, 2.45) is 11.1 Å². The number of hydrogen-bond acceptors (Lipinski definition) is 7. The molecular formula is C25H30ClF2N7O2. The van der Waals surface area contributed by atoms with Crippen molar-refractivity contribution in [3.63, 3.8) is 0 Å². The van der Waals surface area contributed by atoms with Gasteiger partial charge >= 0.3 is 0 Å². The van der Waals surface area contributed by atoms with E-state index in [0.29, 0.717) is 49.2 Å². The van der Waals surface area contributed by atoms with E-state index in [4.69, 9.17) is 22.3 Å². The number of carbonyl (C=O) groups is 1. The Morgan fingerprint density at radius 1 is 1.22 bits per heavy atom. The summed E-state index contributed by atoms with van der Waals surface area (Å²) in [6.07, 6.45) is 6.86. The number of benzene rings is 1. The highest BCUT2D eigenvalue weighted by molar-refractivity contribution is 6.33. The summed E-state index contributed by atoms with van der Waals surface area (Å²) in [6.45, 7) is 1.87. The van der Waals surface area contributed by atoms with Crippen LogP contribution < -0.4 is 16.4 Å². The van der Waals surface area contributed by atoms with Crippen LogP contribution in [-0.4, -0.2) is 42.7 Å². The molecule has 2 aliphatic carbocycles. The summed E-state index contributed by atoms with van der Waals surface area (Å²) in [6, 6.07) is 1.72. The van der Waals surface area contributed by atoms with Crippen LogP contribution in [0.1, 0.15) is 64.3 Å². The van der Waals surface area contributed by atoms with Crippen molar-refractivity contribution in [1.82, 2.24) is 19.5 Å². The number of nitrogens with two attached hydrogens (primary N) is 1. The molecule has 2 heterocycles. The lowest BCUT2D eigenvalue weighted by molar-refractivity contribution is -0.128. The van der Waals surface area contributed by atoms with Gasteiger partial charge < -0.3 is 21.5 Å². The molecule has 37 heavy (non-hydrogen) atoms. The highest BCUT2D eigenvalue weighted by Crippen LogP contribution is 2.43. The molecule has 0 radical (unpaired) electrons. The summed E-state index contributed by atoms with van der Waals surface area (Å²) in [7, 11) is 0. The number of anilines is 3. The molecule has 12 heteroatoms. The third-order valence-electron chi connectivity index (χ3n) is 7.67. The number of aromatic nitrogens is 4. The first-order valence-corrected chi connectivity index (χ1v) is 12.9. The zero-order valence-corrected chi connectivity index (χ0v) is 21.2. The van der Waals surface area contributed by atoms with Crippen LogP contribution in [-0.2, 0) is 4.79 Å². The van der Waals surface area contributed by atoms with Gasteiger partial charge in [0.2, 0.25) is 17.8 Å². The second kappa shape index (κ2) is 10.0. The monoisotopic (exact) mass is 533 g/mol. The minimum absolute atomic E-state index is 0.0493. The lowest BCUT2D eigenvalue weighted by Crippen LogP contribution is -2.38. The molecule has 198 valence electrons. The van der Waals surface area contributed by atoms with E-state index >= 15 is 0 Å². The summed E-state index contributed by atoms with van der Waals surface area (Å²) >= 11 is 6.15. The predicted octanol–water partition coefficient (Wildman–Crippen LogP) is 4.82. The standard InChI is InChI=1S/C25H30ClF2N7O2/c1-25(22(29)37)7-5-15(6-8-25)35-21-19(12-30-23(34-21)31-14-3-2-4-16(36)11-14)32-24(35)33-20-17(26)9-13(27)10-18(20)28/h9-10,12,14-16,36H,2-8,11H2,1H3,(H2,29,37)(H,32,33)(H,30,31,34)/t14-,15?,16+,25?/m0/s1. The van der Waals surface area contributed by atoms with Crippen molar-refractivity contribution in [2.75, 3.05) is 10.6 Å².